The molecule has 1 aromatic carbocycles. The number of benzene rings is 1. The molecule has 17 heavy (non-hydrogen) atoms. The maximum absolute atomic E-state index is 5.27. The number of methoxy groups -OCH3 is 1. The fraction of sp³-hybridized carbons (Fsp3) is 0.571. The van der Waals surface area contributed by atoms with Crippen LogP contribution in [-0.2, 0) is 0 Å². The number of hydrogen-bond donors (Lipinski definition) is 0. The van der Waals surface area contributed by atoms with Crippen molar-refractivity contribution in [2.24, 2.45) is 17.8 Å². The standard InChI is InChI=1S/C14H16Br2O/c1-17-12-6-5-8(7-11(12)15)14(16)13-9-3-2-4-10(9)13/h5-7,9-10,13-14H,2-4H2,1H3. The Balaban J connectivity index is 1.78. The zero-order chi connectivity index (χ0) is 12.0. The van der Waals surface area contributed by atoms with Gasteiger partial charge in [-0.1, -0.05) is 28.4 Å². The molecule has 0 N–H and O–H groups in total. The van der Waals surface area contributed by atoms with Crippen molar-refractivity contribution in [1.29, 1.82) is 0 Å². The Kier molecular flexibility index (Phi) is 3.24. The lowest BCUT2D eigenvalue weighted by Crippen LogP contribution is -1.98. The van der Waals surface area contributed by atoms with Crippen LogP contribution in [0.4, 0.5) is 0 Å². The molecule has 0 saturated heterocycles. The predicted octanol–water partition coefficient (Wildman–Crippen LogP) is 4.94. The van der Waals surface area contributed by atoms with E-state index in [1.54, 1.807) is 7.11 Å². The largest absolute Gasteiger partial charge is 0.496 e. The molecule has 0 aromatic heterocycles. The molecule has 3 unspecified atom stereocenters. The summed E-state index contributed by atoms with van der Waals surface area (Å²) in [5, 5.41) is 0. The summed E-state index contributed by atoms with van der Waals surface area (Å²) in [6.45, 7) is 0. The first kappa shape index (κ1) is 12.0. The van der Waals surface area contributed by atoms with E-state index in [0.717, 1.165) is 28.0 Å². The molecular formula is C14H16Br2O. The Bertz CT molecular complexity index is 422. The van der Waals surface area contributed by atoms with Gasteiger partial charge in [-0.2, -0.15) is 0 Å². The third-order valence-electron chi connectivity index (χ3n) is 4.30. The molecule has 92 valence electrons. The van der Waals surface area contributed by atoms with Gasteiger partial charge in [-0.05, 0) is 64.2 Å². The van der Waals surface area contributed by atoms with E-state index in [0.29, 0.717) is 4.83 Å². The quantitative estimate of drug-likeness (QED) is 0.694. The molecule has 0 radical (unpaired) electrons. The highest BCUT2D eigenvalue weighted by Gasteiger charge is 2.55. The smallest absolute Gasteiger partial charge is 0.133 e. The van der Waals surface area contributed by atoms with Gasteiger partial charge in [0.1, 0.15) is 5.75 Å². The van der Waals surface area contributed by atoms with E-state index < -0.39 is 0 Å². The third kappa shape index (κ3) is 2.06. The van der Waals surface area contributed by atoms with Gasteiger partial charge in [-0.25, -0.2) is 0 Å². The number of fused-ring (bicyclic) bond motifs is 1. The molecule has 0 heterocycles. The SMILES string of the molecule is COc1ccc(C(Br)C2C3CCCC32)cc1Br. The molecule has 2 saturated carbocycles. The summed E-state index contributed by atoms with van der Waals surface area (Å²) in [5.41, 5.74) is 1.37. The zero-order valence-corrected chi connectivity index (χ0v) is 13.0. The molecule has 2 aliphatic carbocycles. The lowest BCUT2D eigenvalue weighted by Gasteiger charge is -2.14. The Labute approximate surface area is 119 Å². The van der Waals surface area contributed by atoms with Crippen LogP contribution >= 0.6 is 31.9 Å². The van der Waals surface area contributed by atoms with Crippen molar-refractivity contribution in [1.82, 2.24) is 0 Å². The van der Waals surface area contributed by atoms with Crippen LogP contribution in [0, 0.1) is 17.8 Å². The van der Waals surface area contributed by atoms with Gasteiger partial charge in [0.2, 0.25) is 0 Å². The number of rotatable bonds is 3. The molecule has 1 nitrogen and oxygen atoms in total. The molecule has 2 fully saturated rings. The van der Waals surface area contributed by atoms with Gasteiger partial charge in [-0.15, -0.1) is 0 Å². The molecule has 1 aromatic rings. The molecule has 3 rings (SSSR count). The first-order valence-electron chi connectivity index (χ1n) is 6.20. The average Bonchev–Trinajstić information content (AvgIpc) is 2.81. The summed E-state index contributed by atoms with van der Waals surface area (Å²) in [5.74, 6) is 3.74. The van der Waals surface area contributed by atoms with Gasteiger partial charge in [0.15, 0.2) is 0 Å². The van der Waals surface area contributed by atoms with Crippen LogP contribution in [-0.4, -0.2) is 7.11 Å². The second-order valence-corrected chi connectivity index (χ2v) is 6.97. The van der Waals surface area contributed by atoms with Crippen LogP contribution in [0.15, 0.2) is 22.7 Å². The maximum atomic E-state index is 5.27. The molecular weight excluding hydrogens is 344 g/mol. The van der Waals surface area contributed by atoms with Crippen LogP contribution in [0.5, 0.6) is 5.75 Å². The van der Waals surface area contributed by atoms with Crippen molar-refractivity contribution in [2.75, 3.05) is 7.11 Å². The maximum Gasteiger partial charge on any atom is 0.133 e. The number of ether oxygens (including phenoxy) is 1. The highest BCUT2D eigenvalue weighted by molar-refractivity contribution is 9.10. The summed E-state index contributed by atoms with van der Waals surface area (Å²) in [6.07, 6.45) is 4.32. The van der Waals surface area contributed by atoms with Crippen molar-refractivity contribution in [3.8, 4) is 5.75 Å². The molecule has 2 aliphatic rings. The van der Waals surface area contributed by atoms with E-state index in [2.05, 4.69) is 44.0 Å². The molecule has 3 heteroatoms. The van der Waals surface area contributed by atoms with E-state index in [4.69, 9.17) is 4.74 Å². The molecule has 0 aliphatic heterocycles. The Hall–Kier alpha value is -0.0200. The monoisotopic (exact) mass is 358 g/mol. The van der Waals surface area contributed by atoms with Gasteiger partial charge in [0.25, 0.3) is 0 Å². The Morgan fingerprint density at radius 3 is 2.59 bits per heavy atom. The third-order valence-corrected chi connectivity index (χ3v) is 6.06. The van der Waals surface area contributed by atoms with Crippen molar-refractivity contribution >= 4 is 31.9 Å². The summed E-state index contributed by atoms with van der Waals surface area (Å²) in [4.78, 5) is 0.514. The van der Waals surface area contributed by atoms with Gasteiger partial charge in [-0.3, -0.25) is 0 Å². The predicted molar refractivity (Wildman–Crippen MR) is 76.7 cm³/mol. The van der Waals surface area contributed by atoms with Crippen LogP contribution < -0.4 is 4.74 Å². The highest BCUT2D eigenvalue weighted by Crippen LogP contribution is 2.64. The highest BCUT2D eigenvalue weighted by atomic mass is 79.9. The molecule has 0 amide bonds. The normalized spacial score (nSPS) is 32.1. The van der Waals surface area contributed by atoms with Gasteiger partial charge >= 0.3 is 0 Å². The Morgan fingerprint density at radius 1 is 1.29 bits per heavy atom. The van der Waals surface area contributed by atoms with Gasteiger partial charge in [0, 0.05) is 4.83 Å². The minimum absolute atomic E-state index is 0.514. The average molecular weight is 360 g/mol. The minimum Gasteiger partial charge on any atom is -0.496 e. The van der Waals surface area contributed by atoms with E-state index in [1.165, 1.54) is 24.8 Å². The van der Waals surface area contributed by atoms with E-state index in [9.17, 15) is 0 Å². The summed E-state index contributed by atoms with van der Waals surface area (Å²) in [6, 6.07) is 6.41. The van der Waals surface area contributed by atoms with Gasteiger partial charge < -0.3 is 4.74 Å². The van der Waals surface area contributed by atoms with E-state index in [1.807, 2.05) is 6.07 Å². The first-order valence-corrected chi connectivity index (χ1v) is 7.90. The summed E-state index contributed by atoms with van der Waals surface area (Å²) < 4.78 is 6.32. The summed E-state index contributed by atoms with van der Waals surface area (Å²) >= 11 is 7.45. The Morgan fingerprint density at radius 2 is 2.00 bits per heavy atom. The van der Waals surface area contributed by atoms with Crippen molar-refractivity contribution < 1.29 is 4.74 Å². The van der Waals surface area contributed by atoms with Gasteiger partial charge in [0.05, 0.1) is 11.6 Å². The summed E-state index contributed by atoms with van der Waals surface area (Å²) in [7, 11) is 1.71. The number of halogens is 2. The molecule has 0 spiro atoms. The van der Waals surface area contributed by atoms with Crippen molar-refractivity contribution in [3.05, 3.63) is 28.2 Å². The zero-order valence-electron chi connectivity index (χ0n) is 9.83. The van der Waals surface area contributed by atoms with Crippen LogP contribution in [0.1, 0.15) is 29.7 Å². The topological polar surface area (TPSA) is 9.23 Å². The first-order chi connectivity index (χ1) is 8.22. The van der Waals surface area contributed by atoms with Crippen LogP contribution in [0.2, 0.25) is 0 Å². The van der Waals surface area contributed by atoms with E-state index >= 15 is 0 Å². The van der Waals surface area contributed by atoms with Crippen LogP contribution in [0.3, 0.4) is 0 Å². The lowest BCUT2D eigenvalue weighted by atomic mass is 10.0. The number of alkyl halides is 1. The minimum atomic E-state index is 0.514. The number of hydrogen-bond acceptors (Lipinski definition) is 1. The van der Waals surface area contributed by atoms with Crippen LogP contribution in [0.25, 0.3) is 0 Å². The fourth-order valence-electron chi connectivity index (χ4n) is 3.39. The second-order valence-electron chi connectivity index (χ2n) is 5.13. The van der Waals surface area contributed by atoms with Crippen molar-refractivity contribution in [2.45, 2.75) is 24.1 Å². The molecule has 0 bridgehead atoms. The fourth-order valence-corrected chi connectivity index (χ4v) is 5.01. The second kappa shape index (κ2) is 4.58. The lowest BCUT2D eigenvalue weighted by molar-refractivity contribution is 0.412. The van der Waals surface area contributed by atoms with E-state index in [-0.39, 0.29) is 0 Å². The molecule has 3 atom stereocenters. The van der Waals surface area contributed by atoms with Crippen molar-refractivity contribution in [3.63, 3.8) is 0 Å².